The molecular weight excluding hydrogens is 312 g/mol. The zero-order chi connectivity index (χ0) is 16.6. The van der Waals surface area contributed by atoms with E-state index >= 15 is 0 Å². The molecule has 1 aromatic carbocycles. The van der Waals surface area contributed by atoms with Gasteiger partial charge in [-0.25, -0.2) is 9.97 Å². The van der Waals surface area contributed by atoms with E-state index in [2.05, 4.69) is 43.0 Å². The van der Waals surface area contributed by atoms with E-state index in [0.29, 0.717) is 0 Å². The maximum atomic E-state index is 4.91. The zero-order valence-electron chi connectivity index (χ0n) is 14.2. The van der Waals surface area contributed by atoms with Crippen molar-refractivity contribution in [2.24, 2.45) is 0 Å². The van der Waals surface area contributed by atoms with Gasteiger partial charge in [0, 0.05) is 50.2 Å². The van der Waals surface area contributed by atoms with Gasteiger partial charge in [-0.05, 0) is 31.0 Å². The first kappa shape index (κ1) is 14.8. The van der Waals surface area contributed by atoms with E-state index in [-0.39, 0.29) is 0 Å². The Hall–Kier alpha value is -2.47. The van der Waals surface area contributed by atoms with Crippen LogP contribution in [0.15, 0.2) is 36.8 Å². The molecule has 0 radical (unpaired) electrons. The Bertz CT molecular complexity index is 884. The lowest BCUT2D eigenvalue weighted by Gasteiger charge is -2.36. The Kier molecular flexibility index (Phi) is 3.63. The summed E-state index contributed by atoms with van der Waals surface area (Å²) in [4.78, 5) is 15.9. The number of nitrogens with zero attached hydrogens (tertiary/aromatic N) is 5. The van der Waals surface area contributed by atoms with Crippen molar-refractivity contribution in [1.82, 2.24) is 24.4 Å². The highest BCUT2D eigenvalue weighted by Crippen LogP contribution is 2.28. The van der Waals surface area contributed by atoms with Crippen molar-refractivity contribution < 1.29 is 0 Å². The molecule has 1 aliphatic carbocycles. The number of aromatic nitrogens is 4. The molecule has 6 heteroatoms. The van der Waals surface area contributed by atoms with Gasteiger partial charge in [-0.3, -0.25) is 9.88 Å². The highest BCUT2D eigenvalue weighted by Gasteiger charge is 2.27. The third-order valence-electron chi connectivity index (χ3n) is 5.49. The monoisotopic (exact) mass is 334 g/mol. The Morgan fingerprint density at radius 2 is 2.04 bits per heavy atom. The van der Waals surface area contributed by atoms with Crippen LogP contribution in [-0.4, -0.2) is 43.6 Å². The number of nitrogens with one attached hydrogen (secondary N) is 1. The molecule has 2 aromatic heterocycles. The van der Waals surface area contributed by atoms with Gasteiger partial charge in [-0.1, -0.05) is 6.42 Å². The van der Waals surface area contributed by atoms with E-state index in [9.17, 15) is 0 Å². The standard InChI is InChI=1S/C19H22N6/c1-2-15(3-1)24-9-6-19-23-16-12-14(22-18-13-20-7-8-21-18)4-5-17(16)25(19)11-10-24/h4-5,7-8,12-13,15H,1-3,6,9-11H2,(H,21,22). The van der Waals surface area contributed by atoms with Gasteiger partial charge in [0.25, 0.3) is 0 Å². The topological polar surface area (TPSA) is 58.9 Å². The number of rotatable bonds is 3. The Balaban J connectivity index is 1.40. The summed E-state index contributed by atoms with van der Waals surface area (Å²) in [5.41, 5.74) is 3.29. The van der Waals surface area contributed by atoms with Gasteiger partial charge in [0.15, 0.2) is 0 Å². The van der Waals surface area contributed by atoms with Gasteiger partial charge in [0.1, 0.15) is 11.6 Å². The van der Waals surface area contributed by atoms with Gasteiger partial charge in [0.05, 0.1) is 17.2 Å². The van der Waals surface area contributed by atoms with Crippen LogP contribution in [-0.2, 0) is 13.0 Å². The SMILES string of the molecule is c1cnc(Nc2ccc3c(c2)nc2n3CCN(C3CCC3)CC2)cn1. The van der Waals surface area contributed by atoms with E-state index in [1.807, 2.05) is 0 Å². The van der Waals surface area contributed by atoms with E-state index in [1.165, 1.54) is 30.6 Å². The molecule has 2 aliphatic rings. The fourth-order valence-electron chi connectivity index (χ4n) is 3.91. The van der Waals surface area contributed by atoms with Crippen LogP contribution in [0.3, 0.4) is 0 Å². The van der Waals surface area contributed by atoms with Crippen LogP contribution in [0.2, 0.25) is 0 Å². The molecule has 3 heterocycles. The first-order chi connectivity index (χ1) is 12.4. The van der Waals surface area contributed by atoms with Crippen molar-refractivity contribution in [2.45, 2.75) is 38.3 Å². The molecule has 25 heavy (non-hydrogen) atoms. The van der Waals surface area contributed by atoms with E-state index < -0.39 is 0 Å². The molecule has 0 amide bonds. The minimum absolute atomic E-state index is 0.749. The number of anilines is 2. The van der Waals surface area contributed by atoms with Crippen molar-refractivity contribution >= 4 is 22.5 Å². The second-order valence-corrected chi connectivity index (χ2v) is 6.97. The van der Waals surface area contributed by atoms with Crippen LogP contribution in [0.4, 0.5) is 11.5 Å². The number of imidazole rings is 1. The summed E-state index contributed by atoms with van der Waals surface area (Å²) < 4.78 is 2.40. The minimum atomic E-state index is 0.749. The van der Waals surface area contributed by atoms with Crippen LogP contribution < -0.4 is 5.32 Å². The molecule has 1 fully saturated rings. The molecule has 128 valence electrons. The van der Waals surface area contributed by atoms with Crippen molar-refractivity contribution in [2.75, 3.05) is 18.4 Å². The lowest BCUT2D eigenvalue weighted by Crippen LogP contribution is -2.41. The van der Waals surface area contributed by atoms with Crippen molar-refractivity contribution in [1.29, 1.82) is 0 Å². The number of hydrogen-bond acceptors (Lipinski definition) is 5. The van der Waals surface area contributed by atoms with E-state index in [0.717, 1.165) is 49.1 Å². The first-order valence-corrected chi connectivity index (χ1v) is 9.13. The molecule has 1 aliphatic heterocycles. The quantitative estimate of drug-likeness (QED) is 0.798. The van der Waals surface area contributed by atoms with Gasteiger partial charge >= 0.3 is 0 Å². The maximum Gasteiger partial charge on any atom is 0.148 e. The van der Waals surface area contributed by atoms with Crippen LogP contribution in [0.5, 0.6) is 0 Å². The lowest BCUT2D eigenvalue weighted by molar-refractivity contribution is 0.130. The summed E-state index contributed by atoms with van der Waals surface area (Å²) in [7, 11) is 0. The molecule has 1 N–H and O–H groups in total. The predicted octanol–water partition coefficient (Wildman–Crippen LogP) is 2.98. The summed E-state index contributed by atoms with van der Waals surface area (Å²) in [6, 6.07) is 7.19. The lowest BCUT2D eigenvalue weighted by atomic mass is 9.91. The van der Waals surface area contributed by atoms with Crippen molar-refractivity contribution in [3.63, 3.8) is 0 Å². The summed E-state index contributed by atoms with van der Waals surface area (Å²) in [5, 5.41) is 3.29. The summed E-state index contributed by atoms with van der Waals surface area (Å²) in [5.74, 6) is 1.97. The molecule has 6 nitrogen and oxygen atoms in total. The second kappa shape index (κ2) is 6.11. The molecule has 0 atom stereocenters. The molecule has 0 spiro atoms. The predicted molar refractivity (Wildman–Crippen MR) is 98.0 cm³/mol. The highest BCUT2D eigenvalue weighted by atomic mass is 15.2. The Morgan fingerprint density at radius 3 is 2.84 bits per heavy atom. The highest BCUT2D eigenvalue weighted by molar-refractivity contribution is 5.81. The Labute approximate surface area is 146 Å². The fourth-order valence-corrected chi connectivity index (χ4v) is 3.91. The molecule has 3 aromatic rings. The average Bonchev–Trinajstić information content (AvgIpc) is 2.81. The Morgan fingerprint density at radius 1 is 1.08 bits per heavy atom. The van der Waals surface area contributed by atoms with Gasteiger partial charge < -0.3 is 9.88 Å². The number of hydrogen-bond donors (Lipinski definition) is 1. The van der Waals surface area contributed by atoms with Gasteiger partial charge in [0.2, 0.25) is 0 Å². The largest absolute Gasteiger partial charge is 0.339 e. The number of benzene rings is 1. The van der Waals surface area contributed by atoms with E-state index in [4.69, 9.17) is 4.98 Å². The normalized spacial score (nSPS) is 18.6. The number of fused-ring (bicyclic) bond motifs is 3. The molecular formula is C19H22N6. The molecule has 0 bridgehead atoms. The molecule has 5 rings (SSSR count). The molecule has 0 unspecified atom stereocenters. The van der Waals surface area contributed by atoms with Crippen LogP contribution >= 0.6 is 0 Å². The van der Waals surface area contributed by atoms with Crippen LogP contribution in [0, 0.1) is 0 Å². The molecule has 0 saturated heterocycles. The fraction of sp³-hybridized carbons (Fsp3) is 0.421. The minimum Gasteiger partial charge on any atom is -0.339 e. The molecule has 1 saturated carbocycles. The van der Waals surface area contributed by atoms with Crippen molar-refractivity contribution in [3.05, 3.63) is 42.6 Å². The summed E-state index contributed by atoms with van der Waals surface area (Å²) in [6.07, 6.45) is 10.3. The third kappa shape index (κ3) is 2.76. The zero-order valence-corrected chi connectivity index (χ0v) is 14.2. The summed E-state index contributed by atoms with van der Waals surface area (Å²) >= 11 is 0. The van der Waals surface area contributed by atoms with Crippen LogP contribution in [0.25, 0.3) is 11.0 Å². The van der Waals surface area contributed by atoms with Crippen molar-refractivity contribution in [3.8, 4) is 0 Å². The van der Waals surface area contributed by atoms with E-state index in [1.54, 1.807) is 18.6 Å². The average molecular weight is 334 g/mol. The summed E-state index contributed by atoms with van der Waals surface area (Å²) in [6.45, 7) is 3.32. The van der Waals surface area contributed by atoms with Gasteiger partial charge in [-0.15, -0.1) is 0 Å². The second-order valence-electron chi connectivity index (χ2n) is 6.97. The first-order valence-electron chi connectivity index (χ1n) is 9.13. The third-order valence-corrected chi connectivity index (χ3v) is 5.49. The maximum absolute atomic E-state index is 4.91. The smallest absolute Gasteiger partial charge is 0.148 e. The van der Waals surface area contributed by atoms with Gasteiger partial charge in [-0.2, -0.15) is 0 Å². The van der Waals surface area contributed by atoms with Crippen LogP contribution in [0.1, 0.15) is 25.1 Å².